The first-order chi connectivity index (χ1) is 13.9. The van der Waals surface area contributed by atoms with Crippen LogP contribution in [0.2, 0.25) is 0 Å². The Kier molecular flexibility index (Phi) is 4.40. The fourth-order valence-electron chi connectivity index (χ4n) is 4.15. The van der Waals surface area contributed by atoms with Crippen LogP contribution in [0.15, 0.2) is 41.4 Å². The van der Waals surface area contributed by atoms with Gasteiger partial charge < -0.3 is 9.88 Å². The number of sulfonamides is 1. The van der Waals surface area contributed by atoms with Crippen molar-refractivity contribution in [1.29, 1.82) is 0 Å². The number of anilines is 1. The molecule has 1 saturated carbocycles. The number of hydrogen-bond donors (Lipinski definition) is 1. The molecule has 2 fully saturated rings. The molecule has 1 aliphatic carbocycles. The first-order valence-corrected chi connectivity index (χ1v) is 11.7. The zero-order valence-electron chi connectivity index (χ0n) is 16.9. The molecule has 29 heavy (non-hydrogen) atoms. The topological polar surface area (TPSA) is 69.3 Å². The summed E-state index contributed by atoms with van der Waals surface area (Å²) in [6, 6.07) is 9.70. The van der Waals surface area contributed by atoms with E-state index in [0.717, 1.165) is 53.9 Å². The van der Waals surface area contributed by atoms with E-state index in [1.54, 1.807) is 26.2 Å². The fourth-order valence-corrected chi connectivity index (χ4v) is 5.07. The molecule has 1 saturated heterocycles. The first-order valence-electron chi connectivity index (χ1n) is 10.2. The van der Waals surface area contributed by atoms with Gasteiger partial charge in [0.2, 0.25) is 10.0 Å². The summed E-state index contributed by atoms with van der Waals surface area (Å²) in [7, 11) is -0.372. The number of nitrogens with zero attached hydrogens (tertiary/aromatic N) is 3. The van der Waals surface area contributed by atoms with E-state index in [4.69, 9.17) is 0 Å². The van der Waals surface area contributed by atoms with Crippen LogP contribution in [-0.4, -0.2) is 49.9 Å². The van der Waals surface area contributed by atoms with Crippen LogP contribution in [0.3, 0.4) is 0 Å². The highest BCUT2D eigenvalue weighted by Crippen LogP contribution is 2.41. The lowest BCUT2D eigenvalue weighted by Crippen LogP contribution is -2.23. The third-order valence-electron chi connectivity index (χ3n) is 6.02. The van der Waals surface area contributed by atoms with Crippen molar-refractivity contribution in [2.75, 3.05) is 32.1 Å². The molecule has 6 nitrogen and oxygen atoms in total. The summed E-state index contributed by atoms with van der Waals surface area (Å²) < 4.78 is 26.7. The maximum atomic E-state index is 12.7. The van der Waals surface area contributed by atoms with Crippen LogP contribution in [0.5, 0.6) is 0 Å². The van der Waals surface area contributed by atoms with Gasteiger partial charge in [-0.2, -0.15) is 0 Å². The summed E-state index contributed by atoms with van der Waals surface area (Å²) in [4.78, 5) is 10.8. The number of rotatable bonds is 5. The number of aromatic amines is 1. The fraction of sp³-hybridized carbons (Fsp3) is 0.409. The summed E-state index contributed by atoms with van der Waals surface area (Å²) in [6.07, 6.45) is 6.78. The number of aromatic nitrogens is 2. The molecule has 1 aliphatic heterocycles. The van der Waals surface area contributed by atoms with Crippen molar-refractivity contribution in [2.45, 2.75) is 36.5 Å². The monoisotopic (exact) mass is 410 g/mol. The average molecular weight is 411 g/mol. The minimum absolute atomic E-state index is 0.311. The lowest BCUT2D eigenvalue weighted by molar-refractivity contribution is 0.521. The van der Waals surface area contributed by atoms with Crippen LogP contribution in [-0.2, 0) is 10.0 Å². The Labute approximate surface area is 171 Å². The van der Waals surface area contributed by atoms with Crippen LogP contribution < -0.4 is 4.90 Å². The van der Waals surface area contributed by atoms with E-state index in [1.165, 1.54) is 22.7 Å². The van der Waals surface area contributed by atoms with Crippen LogP contribution >= 0.6 is 0 Å². The molecule has 152 valence electrons. The molecule has 5 rings (SSSR count). The highest BCUT2D eigenvalue weighted by atomic mass is 32.2. The van der Waals surface area contributed by atoms with Gasteiger partial charge in [-0.15, -0.1) is 0 Å². The first kappa shape index (κ1) is 18.6. The van der Waals surface area contributed by atoms with E-state index in [0.29, 0.717) is 10.8 Å². The minimum atomic E-state index is -3.50. The van der Waals surface area contributed by atoms with Gasteiger partial charge in [0, 0.05) is 44.6 Å². The highest BCUT2D eigenvalue weighted by Gasteiger charge is 2.25. The lowest BCUT2D eigenvalue weighted by atomic mass is 10.1. The van der Waals surface area contributed by atoms with E-state index in [-0.39, 0.29) is 0 Å². The second kappa shape index (κ2) is 6.85. The molecule has 0 bridgehead atoms. The number of fused-ring (bicyclic) bond motifs is 1. The van der Waals surface area contributed by atoms with E-state index in [1.807, 2.05) is 18.3 Å². The van der Waals surface area contributed by atoms with Gasteiger partial charge in [0.15, 0.2) is 0 Å². The third kappa shape index (κ3) is 3.32. The van der Waals surface area contributed by atoms with Gasteiger partial charge in [-0.25, -0.2) is 12.7 Å². The zero-order valence-corrected chi connectivity index (χ0v) is 17.7. The van der Waals surface area contributed by atoms with E-state index in [2.05, 4.69) is 20.9 Å². The third-order valence-corrected chi connectivity index (χ3v) is 7.83. The molecule has 0 atom stereocenters. The van der Waals surface area contributed by atoms with Crippen molar-refractivity contribution in [2.24, 2.45) is 0 Å². The SMILES string of the molecule is CN(C)S(=O)(=O)c1ccc(N2CCCC2)c(-c2cc3ncc(C4CC4)cc3[nH]2)c1. The van der Waals surface area contributed by atoms with Crippen LogP contribution in [0, 0.1) is 0 Å². The number of benzene rings is 1. The van der Waals surface area contributed by atoms with Gasteiger partial charge in [0.05, 0.1) is 21.6 Å². The second-order valence-corrected chi connectivity index (χ2v) is 10.5. The minimum Gasteiger partial charge on any atom is -0.371 e. The van der Waals surface area contributed by atoms with Gasteiger partial charge in [0.25, 0.3) is 0 Å². The van der Waals surface area contributed by atoms with Gasteiger partial charge in [0.1, 0.15) is 0 Å². The van der Waals surface area contributed by atoms with Crippen molar-refractivity contribution in [3.63, 3.8) is 0 Å². The summed E-state index contributed by atoms with van der Waals surface area (Å²) in [5, 5.41) is 0. The molecule has 0 radical (unpaired) electrons. The van der Waals surface area contributed by atoms with Gasteiger partial charge >= 0.3 is 0 Å². The summed E-state index contributed by atoms with van der Waals surface area (Å²) >= 11 is 0. The second-order valence-electron chi connectivity index (χ2n) is 8.32. The molecule has 7 heteroatoms. The zero-order chi connectivity index (χ0) is 20.2. The molecular formula is C22H26N4O2S. The normalized spacial score (nSPS) is 17.6. The maximum absolute atomic E-state index is 12.7. The van der Waals surface area contributed by atoms with Crippen LogP contribution in [0.25, 0.3) is 22.3 Å². The van der Waals surface area contributed by atoms with Gasteiger partial charge in [-0.1, -0.05) is 0 Å². The van der Waals surface area contributed by atoms with Crippen LogP contribution in [0.1, 0.15) is 37.2 Å². The van der Waals surface area contributed by atoms with Crippen molar-refractivity contribution in [3.8, 4) is 11.3 Å². The van der Waals surface area contributed by atoms with Gasteiger partial charge in [-0.05, 0) is 67.5 Å². The van der Waals surface area contributed by atoms with Crippen molar-refractivity contribution in [3.05, 3.63) is 42.1 Å². The van der Waals surface area contributed by atoms with Crippen LogP contribution in [0.4, 0.5) is 5.69 Å². The number of pyridine rings is 1. The highest BCUT2D eigenvalue weighted by molar-refractivity contribution is 7.89. The van der Waals surface area contributed by atoms with E-state index in [9.17, 15) is 8.42 Å². The molecule has 2 aromatic heterocycles. The predicted octanol–water partition coefficient (Wildman–Crippen LogP) is 3.96. The van der Waals surface area contributed by atoms with Crippen molar-refractivity contribution in [1.82, 2.24) is 14.3 Å². The Hall–Kier alpha value is -2.38. The average Bonchev–Trinajstić information content (AvgIpc) is 3.25. The Balaban J connectivity index is 1.65. The molecule has 0 unspecified atom stereocenters. The largest absolute Gasteiger partial charge is 0.371 e. The molecule has 2 aliphatic rings. The van der Waals surface area contributed by atoms with Crippen molar-refractivity contribution < 1.29 is 8.42 Å². The molecule has 1 aromatic carbocycles. The Morgan fingerprint density at radius 2 is 1.86 bits per heavy atom. The van der Waals surface area contributed by atoms with E-state index < -0.39 is 10.0 Å². The molecule has 0 amide bonds. The molecular weight excluding hydrogens is 384 g/mol. The molecule has 0 spiro atoms. The Morgan fingerprint density at radius 3 is 2.55 bits per heavy atom. The van der Waals surface area contributed by atoms with E-state index >= 15 is 0 Å². The Morgan fingerprint density at radius 1 is 1.10 bits per heavy atom. The predicted molar refractivity (Wildman–Crippen MR) is 116 cm³/mol. The maximum Gasteiger partial charge on any atom is 0.242 e. The van der Waals surface area contributed by atoms with Crippen molar-refractivity contribution >= 4 is 26.7 Å². The van der Waals surface area contributed by atoms with Gasteiger partial charge in [-0.3, -0.25) is 4.98 Å². The molecule has 3 heterocycles. The summed E-state index contributed by atoms with van der Waals surface area (Å²) in [6.45, 7) is 1.99. The standard InChI is InChI=1S/C22H26N4O2S/c1-25(2)29(27,28)17-7-8-22(26-9-3-4-10-26)18(12-17)19-13-20-21(24-19)11-16(14-23-20)15-5-6-15/h7-8,11-15,24H,3-6,9-10H2,1-2H3. The lowest BCUT2D eigenvalue weighted by Gasteiger charge is -2.22. The number of nitrogens with one attached hydrogen (secondary N) is 1. The molecule has 1 N–H and O–H groups in total. The number of hydrogen-bond acceptors (Lipinski definition) is 4. The summed E-state index contributed by atoms with van der Waals surface area (Å²) in [5.41, 5.74) is 6.12. The number of H-pyrrole nitrogens is 1. The Bertz CT molecular complexity index is 1170. The molecule has 3 aromatic rings. The summed E-state index contributed by atoms with van der Waals surface area (Å²) in [5.74, 6) is 0.646. The quantitative estimate of drug-likeness (QED) is 0.691. The smallest absolute Gasteiger partial charge is 0.242 e.